The van der Waals surface area contributed by atoms with Gasteiger partial charge in [0.15, 0.2) is 11.5 Å². The molecule has 0 radical (unpaired) electrons. The number of para-hydroxylation sites is 2. The Bertz CT molecular complexity index is 1580. The van der Waals surface area contributed by atoms with Crippen molar-refractivity contribution in [3.05, 3.63) is 114 Å². The quantitative estimate of drug-likeness (QED) is 0.178. The number of nitrogens with zero attached hydrogens (tertiary/aromatic N) is 2. The summed E-state index contributed by atoms with van der Waals surface area (Å²) in [5.74, 6) is 0.784. The maximum absolute atomic E-state index is 13.5. The van der Waals surface area contributed by atoms with Crippen molar-refractivity contribution in [3.8, 4) is 17.2 Å². The summed E-state index contributed by atoms with van der Waals surface area (Å²) in [6, 6.07) is 29.6. The van der Waals surface area contributed by atoms with Crippen LogP contribution in [0.25, 0.3) is 0 Å². The third-order valence-electron chi connectivity index (χ3n) is 5.88. The molecule has 4 aromatic carbocycles. The molecule has 212 valence electrons. The lowest BCUT2D eigenvalue weighted by molar-refractivity contribution is -0.119. The third kappa shape index (κ3) is 7.64. The first-order chi connectivity index (χ1) is 19.9. The molecule has 0 fully saturated rings. The molecule has 0 unspecified atom stereocenters. The molecule has 0 aliphatic carbocycles. The number of hydrazone groups is 1. The Morgan fingerprint density at radius 2 is 1.54 bits per heavy atom. The molecule has 0 heterocycles. The molecule has 41 heavy (non-hydrogen) atoms. The van der Waals surface area contributed by atoms with Gasteiger partial charge >= 0.3 is 0 Å². The van der Waals surface area contributed by atoms with E-state index in [0.29, 0.717) is 36.0 Å². The van der Waals surface area contributed by atoms with Crippen LogP contribution in [-0.2, 0) is 21.4 Å². The van der Waals surface area contributed by atoms with Crippen LogP contribution in [-0.4, -0.2) is 40.8 Å². The Morgan fingerprint density at radius 3 is 2.24 bits per heavy atom. The van der Waals surface area contributed by atoms with Crippen molar-refractivity contribution >= 4 is 27.8 Å². The average Bonchev–Trinajstić information content (AvgIpc) is 3.00. The number of rotatable bonds is 13. The summed E-state index contributed by atoms with van der Waals surface area (Å²) >= 11 is 0. The second-order valence-electron chi connectivity index (χ2n) is 8.70. The number of hydrogen-bond acceptors (Lipinski definition) is 7. The Labute approximate surface area is 240 Å². The van der Waals surface area contributed by atoms with Crippen LogP contribution in [0.15, 0.2) is 113 Å². The number of ether oxygens (including phenoxy) is 3. The van der Waals surface area contributed by atoms with Gasteiger partial charge in [0.05, 0.1) is 30.5 Å². The minimum Gasteiger partial charge on any atom is -0.495 e. The molecule has 0 aliphatic rings. The fourth-order valence-corrected chi connectivity index (χ4v) is 5.38. The number of sulfonamides is 1. The van der Waals surface area contributed by atoms with E-state index in [2.05, 4.69) is 10.5 Å². The van der Waals surface area contributed by atoms with Gasteiger partial charge in [0, 0.05) is 0 Å². The molecule has 0 spiro atoms. The largest absolute Gasteiger partial charge is 0.495 e. The number of carbonyl (C=O) groups excluding carboxylic acids is 1. The maximum Gasteiger partial charge on any atom is 0.264 e. The van der Waals surface area contributed by atoms with Crippen LogP contribution in [0.1, 0.15) is 18.1 Å². The second-order valence-corrected chi connectivity index (χ2v) is 10.6. The lowest BCUT2D eigenvalue weighted by atomic mass is 10.2. The Kier molecular flexibility index (Phi) is 9.95. The van der Waals surface area contributed by atoms with Crippen LogP contribution in [0.5, 0.6) is 17.2 Å². The topological polar surface area (TPSA) is 107 Å². The van der Waals surface area contributed by atoms with Gasteiger partial charge < -0.3 is 14.2 Å². The van der Waals surface area contributed by atoms with Crippen LogP contribution in [0.4, 0.5) is 5.69 Å². The SMILES string of the molecule is CCOc1cc(C=NNC(=O)CN(c2ccccc2OC)S(=O)(=O)c2ccccc2)ccc1OCc1ccccc1. The first-order valence-corrected chi connectivity index (χ1v) is 14.3. The van der Waals surface area contributed by atoms with Crippen molar-refractivity contribution < 1.29 is 27.4 Å². The van der Waals surface area contributed by atoms with Crippen LogP contribution in [0, 0.1) is 0 Å². The van der Waals surface area contributed by atoms with E-state index in [1.54, 1.807) is 60.7 Å². The van der Waals surface area contributed by atoms with E-state index in [1.165, 1.54) is 25.5 Å². The van der Waals surface area contributed by atoms with E-state index in [1.807, 2.05) is 37.3 Å². The van der Waals surface area contributed by atoms with Crippen molar-refractivity contribution in [1.82, 2.24) is 5.43 Å². The second kappa shape index (κ2) is 14.0. The van der Waals surface area contributed by atoms with Gasteiger partial charge in [0.1, 0.15) is 18.9 Å². The predicted octanol–water partition coefficient (Wildman–Crippen LogP) is 5.02. The molecule has 0 atom stereocenters. The van der Waals surface area contributed by atoms with Crippen LogP contribution < -0.4 is 23.9 Å². The van der Waals surface area contributed by atoms with Gasteiger partial charge in [-0.25, -0.2) is 13.8 Å². The van der Waals surface area contributed by atoms with E-state index < -0.39 is 22.5 Å². The average molecular weight is 574 g/mol. The summed E-state index contributed by atoms with van der Waals surface area (Å²) in [4.78, 5) is 13.0. The molecule has 0 bridgehead atoms. The van der Waals surface area contributed by atoms with Crippen molar-refractivity contribution in [1.29, 1.82) is 0 Å². The molecule has 10 heteroatoms. The summed E-state index contributed by atoms with van der Waals surface area (Å²) < 4.78 is 45.1. The van der Waals surface area contributed by atoms with Gasteiger partial charge in [-0.3, -0.25) is 9.10 Å². The Morgan fingerprint density at radius 1 is 0.854 bits per heavy atom. The van der Waals surface area contributed by atoms with E-state index in [0.717, 1.165) is 9.87 Å². The van der Waals surface area contributed by atoms with Crippen molar-refractivity contribution in [3.63, 3.8) is 0 Å². The smallest absolute Gasteiger partial charge is 0.264 e. The van der Waals surface area contributed by atoms with Crippen molar-refractivity contribution in [2.75, 3.05) is 24.6 Å². The summed E-state index contributed by atoms with van der Waals surface area (Å²) in [5, 5.41) is 4.04. The van der Waals surface area contributed by atoms with Gasteiger partial charge in [-0.05, 0) is 60.5 Å². The Hall–Kier alpha value is -4.83. The lowest BCUT2D eigenvalue weighted by Gasteiger charge is -2.25. The number of anilines is 1. The van der Waals surface area contributed by atoms with Crippen molar-refractivity contribution in [2.24, 2.45) is 5.10 Å². The molecular weight excluding hydrogens is 542 g/mol. The zero-order valence-electron chi connectivity index (χ0n) is 22.8. The molecular formula is C31H31N3O6S. The highest BCUT2D eigenvalue weighted by molar-refractivity contribution is 7.92. The number of carbonyl (C=O) groups is 1. The molecule has 1 N–H and O–H groups in total. The minimum absolute atomic E-state index is 0.0419. The third-order valence-corrected chi connectivity index (χ3v) is 7.65. The normalized spacial score (nSPS) is 11.2. The fourth-order valence-electron chi connectivity index (χ4n) is 3.93. The highest BCUT2D eigenvalue weighted by Gasteiger charge is 2.29. The lowest BCUT2D eigenvalue weighted by Crippen LogP contribution is -2.39. The van der Waals surface area contributed by atoms with Crippen LogP contribution >= 0.6 is 0 Å². The first kappa shape index (κ1) is 29.2. The highest BCUT2D eigenvalue weighted by Crippen LogP contribution is 2.32. The summed E-state index contributed by atoms with van der Waals surface area (Å²) in [7, 11) is -2.66. The molecule has 1 amide bonds. The van der Waals surface area contributed by atoms with Gasteiger partial charge in [-0.2, -0.15) is 5.10 Å². The number of nitrogens with one attached hydrogen (secondary N) is 1. The van der Waals surface area contributed by atoms with E-state index in [9.17, 15) is 13.2 Å². The van der Waals surface area contributed by atoms with Gasteiger partial charge in [-0.15, -0.1) is 0 Å². The van der Waals surface area contributed by atoms with Gasteiger partial charge in [0.2, 0.25) is 0 Å². The van der Waals surface area contributed by atoms with Crippen molar-refractivity contribution in [2.45, 2.75) is 18.4 Å². The first-order valence-electron chi connectivity index (χ1n) is 12.9. The summed E-state index contributed by atoms with van der Waals surface area (Å²) in [5.41, 5.74) is 4.32. The summed E-state index contributed by atoms with van der Waals surface area (Å²) in [6.07, 6.45) is 1.44. The number of benzene rings is 4. The molecule has 0 aliphatic heterocycles. The molecule has 4 aromatic rings. The fraction of sp³-hybridized carbons (Fsp3) is 0.161. The number of methoxy groups -OCH3 is 1. The minimum atomic E-state index is -4.09. The molecule has 0 saturated heterocycles. The maximum atomic E-state index is 13.5. The standard InChI is InChI=1S/C31H31N3O6S/c1-3-39-30-20-25(18-19-29(30)40-23-24-12-6-4-7-13-24)21-32-33-31(35)22-34(27-16-10-11-17-28(27)38-2)41(36,37)26-14-8-5-9-15-26/h4-21H,3,22-23H2,1-2H3,(H,33,35). The Balaban J connectivity index is 1.49. The number of amides is 1. The molecule has 4 rings (SSSR count). The van der Waals surface area contributed by atoms with E-state index >= 15 is 0 Å². The van der Waals surface area contributed by atoms with Crippen LogP contribution in [0.3, 0.4) is 0 Å². The monoisotopic (exact) mass is 573 g/mol. The molecule has 9 nitrogen and oxygen atoms in total. The van der Waals surface area contributed by atoms with E-state index in [4.69, 9.17) is 14.2 Å². The van der Waals surface area contributed by atoms with Gasteiger partial charge in [0.25, 0.3) is 15.9 Å². The van der Waals surface area contributed by atoms with E-state index in [-0.39, 0.29) is 10.6 Å². The zero-order chi connectivity index (χ0) is 29.1. The number of hydrogen-bond donors (Lipinski definition) is 1. The predicted molar refractivity (Wildman–Crippen MR) is 158 cm³/mol. The summed E-state index contributed by atoms with van der Waals surface area (Å²) in [6.45, 7) is 2.18. The van der Waals surface area contributed by atoms with Crippen LogP contribution in [0.2, 0.25) is 0 Å². The molecule has 0 saturated carbocycles. The van der Waals surface area contributed by atoms with Gasteiger partial charge in [-0.1, -0.05) is 60.7 Å². The highest BCUT2D eigenvalue weighted by atomic mass is 32.2. The molecule has 0 aromatic heterocycles. The zero-order valence-corrected chi connectivity index (χ0v) is 23.6.